The smallest absolute Gasteiger partial charge is 0.122 e. The summed E-state index contributed by atoms with van der Waals surface area (Å²) in [6.45, 7) is 7.23. The zero-order valence-electron chi connectivity index (χ0n) is 11.5. The number of rotatable bonds is 9. The number of hydrogen-bond donors (Lipinski definition) is 1. The summed E-state index contributed by atoms with van der Waals surface area (Å²) in [5.41, 5.74) is 1.10. The fourth-order valence-corrected chi connectivity index (χ4v) is 1.96. The second kappa shape index (κ2) is 9.23. The molecule has 3 heteroatoms. The Labute approximate surface area is 116 Å². The van der Waals surface area contributed by atoms with Crippen LogP contribution in [0.3, 0.4) is 0 Å². The van der Waals surface area contributed by atoms with Crippen LogP contribution in [0.4, 0.5) is 0 Å². The van der Waals surface area contributed by atoms with Crippen LogP contribution in [0.25, 0.3) is 0 Å². The van der Waals surface area contributed by atoms with Crippen LogP contribution in [0.1, 0.15) is 38.2 Å². The summed E-state index contributed by atoms with van der Waals surface area (Å²) >= 11 is 5.90. The summed E-state index contributed by atoms with van der Waals surface area (Å²) in [4.78, 5) is 0. The van der Waals surface area contributed by atoms with Crippen molar-refractivity contribution in [1.82, 2.24) is 5.32 Å². The summed E-state index contributed by atoms with van der Waals surface area (Å²) in [5, 5.41) is 4.19. The van der Waals surface area contributed by atoms with Crippen molar-refractivity contribution < 1.29 is 4.74 Å². The fourth-order valence-electron chi connectivity index (χ4n) is 1.74. The van der Waals surface area contributed by atoms with Gasteiger partial charge in [-0.25, -0.2) is 0 Å². The van der Waals surface area contributed by atoms with Gasteiger partial charge in [-0.3, -0.25) is 0 Å². The molecule has 0 bridgehead atoms. The van der Waals surface area contributed by atoms with E-state index in [2.05, 4.69) is 12.2 Å². The van der Waals surface area contributed by atoms with Gasteiger partial charge in [0.2, 0.25) is 0 Å². The highest BCUT2D eigenvalue weighted by atomic mass is 35.5. The van der Waals surface area contributed by atoms with E-state index in [9.17, 15) is 0 Å². The molecule has 0 saturated carbocycles. The number of aryl methyl sites for hydroxylation is 1. The molecule has 0 aliphatic carbocycles. The molecule has 0 aliphatic rings. The van der Waals surface area contributed by atoms with E-state index in [4.69, 9.17) is 16.3 Å². The van der Waals surface area contributed by atoms with E-state index in [1.165, 1.54) is 12.8 Å². The summed E-state index contributed by atoms with van der Waals surface area (Å²) < 4.78 is 5.73. The van der Waals surface area contributed by atoms with Gasteiger partial charge in [0.1, 0.15) is 5.75 Å². The van der Waals surface area contributed by atoms with Gasteiger partial charge in [-0.2, -0.15) is 0 Å². The Morgan fingerprint density at radius 3 is 2.67 bits per heavy atom. The number of hydrogen-bond acceptors (Lipinski definition) is 2. The first-order valence-corrected chi connectivity index (χ1v) is 7.21. The van der Waals surface area contributed by atoms with E-state index in [1.807, 2.05) is 25.1 Å². The molecule has 1 aromatic rings. The quantitative estimate of drug-likeness (QED) is 0.679. The zero-order valence-corrected chi connectivity index (χ0v) is 12.2. The number of unbranched alkanes of at least 4 members (excludes halogenated alkanes) is 2. The second-order valence-corrected chi connectivity index (χ2v) is 5.01. The lowest BCUT2D eigenvalue weighted by Crippen LogP contribution is -2.17. The Bertz CT molecular complexity index is 341. The van der Waals surface area contributed by atoms with Crippen LogP contribution in [-0.2, 0) is 0 Å². The molecule has 0 amide bonds. The zero-order chi connectivity index (χ0) is 13.2. The molecule has 0 atom stereocenters. The third-order valence-electron chi connectivity index (χ3n) is 2.85. The maximum absolute atomic E-state index is 5.90. The highest BCUT2D eigenvalue weighted by Gasteiger charge is 1.99. The molecule has 0 spiro atoms. The molecule has 1 N–H and O–H groups in total. The Balaban J connectivity index is 2.07. The van der Waals surface area contributed by atoms with E-state index in [1.54, 1.807) is 0 Å². The highest BCUT2D eigenvalue weighted by molar-refractivity contribution is 6.30. The normalized spacial score (nSPS) is 10.6. The predicted molar refractivity (Wildman–Crippen MR) is 78.7 cm³/mol. The summed E-state index contributed by atoms with van der Waals surface area (Å²) in [6.07, 6.45) is 4.77. The molecular formula is C15H24ClNO. The third kappa shape index (κ3) is 6.27. The van der Waals surface area contributed by atoms with Crippen LogP contribution >= 0.6 is 11.6 Å². The van der Waals surface area contributed by atoms with Crippen molar-refractivity contribution in [2.45, 2.75) is 39.5 Å². The van der Waals surface area contributed by atoms with Gasteiger partial charge in [-0.05, 0) is 63.0 Å². The Morgan fingerprint density at radius 2 is 1.94 bits per heavy atom. The molecule has 18 heavy (non-hydrogen) atoms. The van der Waals surface area contributed by atoms with Gasteiger partial charge in [-0.15, -0.1) is 0 Å². The van der Waals surface area contributed by atoms with Crippen LogP contribution in [0, 0.1) is 6.92 Å². The topological polar surface area (TPSA) is 21.3 Å². The minimum atomic E-state index is 0.764. The SMILES string of the molecule is CCCCNCCCCOc1ccc(Cl)cc1C. The number of ether oxygens (including phenoxy) is 1. The van der Waals surface area contributed by atoms with Crippen LogP contribution in [-0.4, -0.2) is 19.7 Å². The average Bonchev–Trinajstić information content (AvgIpc) is 2.35. The van der Waals surface area contributed by atoms with Crippen molar-refractivity contribution >= 4 is 11.6 Å². The van der Waals surface area contributed by atoms with Crippen molar-refractivity contribution in [2.75, 3.05) is 19.7 Å². The first kappa shape index (κ1) is 15.3. The van der Waals surface area contributed by atoms with Gasteiger partial charge in [0.05, 0.1) is 6.61 Å². The summed E-state index contributed by atoms with van der Waals surface area (Å²) in [5.74, 6) is 0.943. The molecular weight excluding hydrogens is 246 g/mol. The Morgan fingerprint density at radius 1 is 1.17 bits per heavy atom. The summed E-state index contributed by atoms with van der Waals surface area (Å²) in [7, 11) is 0. The second-order valence-electron chi connectivity index (χ2n) is 4.57. The minimum absolute atomic E-state index is 0.764. The lowest BCUT2D eigenvalue weighted by atomic mass is 10.2. The van der Waals surface area contributed by atoms with Crippen molar-refractivity contribution in [3.63, 3.8) is 0 Å². The number of benzene rings is 1. The van der Waals surface area contributed by atoms with Crippen molar-refractivity contribution in [1.29, 1.82) is 0 Å². The van der Waals surface area contributed by atoms with E-state index >= 15 is 0 Å². The predicted octanol–water partition coefficient (Wildman–Crippen LogP) is 4.20. The molecule has 1 rings (SSSR count). The van der Waals surface area contributed by atoms with E-state index in [-0.39, 0.29) is 0 Å². The lowest BCUT2D eigenvalue weighted by molar-refractivity contribution is 0.304. The minimum Gasteiger partial charge on any atom is -0.493 e. The van der Waals surface area contributed by atoms with Gasteiger partial charge in [0.15, 0.2) is 0 Å². The van der Waals surface area contributed by atoms with Gasteiger partial charge in [0, 0.05) is 5.02 Å². The van der Waals surface area contributed by atoms with Crippen molar-refractivity contribution in [2.24, 2.45) is 0 Å². The van der Waals surface area contributed by atoms with Gasteiger partial charge >= 0.3 is 0 Å². The number of nitrogens with one attached hydrogen (secondary N) is 1. The van der Waals surface area contributed by atoms with Gasteiger partial charge in [-0.1, -0.05) is 24.9 Å². The van der Waals surface area contributed by atoms with Crippen molar-refractivity contribution in [3.8, 4) is 5.75 Å². The molecule has 0 saturated heterocycles. The maximum Gasteiger partial charge on any atom is 0.122 e. The van der Waals surface area contributed by atoms with Crippen molar-refractivity contribution in [3.05, 3.63) is 28.8 Å². The molecule has 0 radical (unpaired) electrons. The van der Waals surface area contributed by atoms with Crippen LogP contribution < -0.4 is 10.1 Å². The highest BCUT2D eigenvalue weighted by Crippen LogP contribution is 2.21. The van der Waals surface area contributed by atoms with E-state index < -0.39 is 0 Å². The molecule has 0 unspecified atom stereocenters. The molecule has 1 aromatic carbocycles. The largest absolute Gasteiger partial charge is 0.493 e. The third-order valence-corrected chi connectivity index (χ3v) is 3.08. The first-order valence-electron chi connectivity index (χ1n) is 6.83. The Kier molecular flexibility index (Phi) is 7.86. The standard InChI is InChI=1S/C15H24ClNO/c1-3-4-9-17-10-5-6-11-18-15-8-7-14(16)12-13(15)2/h7-8,12,17H,3-6,9-11H2,1-2H3. The monoisotopic (exact) mass is 269 g/mol. The van der Waals surface area contributed by atoms with E-state index in [0.29, 0.717) is 0 Å². The molecule has 102 valence electrons. The molecule has 0 aromatic heterocycles. The molecule has 0 aliphatic heterocycles. The first-order chi connectivity index (χ1) is 8.74. The number of halogens is 1. The van der Waals surface area contributed by atoms with E-state index in [0.717, 1.165) is 48.9 Å². The molecule has 0 fully saturated rings. The maximum atomic E-state index is 5.90. The van der Waals surface area contributed by atoms with Gasteiger partial charge in [0.25, 0.3) is 0 Å². The molecule has 2 nitrogen and oxygen atoms in total. The fraction of sp³-hybridized carbons (Fsp3) is 0.600. The van der Waals surface area contributed by atoms with Crippen LogP contribution in [0.2, 0.25) is 5.02 Å². The van der Waals surface area contributed by atoms with Crippen LogP contribution in [0.15, 0.2) is 18.2 Å². The van der Waals surface area contributed by atoms with Gasteiger partial charge < -0.3 is 10.1 Å². The molecule has 0 heterocycles. The van der Waals surface area contributed by atoms with Crippen LogP contribution in [0.5, 0.6) is 5.75 Å². The summed E-state index contributed by atoms with van der Waals surface area (Å²) in [6, 6.07) is 5.75. The average molecular weight is 270 g/mol. The Hall–Kier alpha value is -0.730. The lowest BCUT2D eigenvalue weighted by Gasteiger charge is -2.09.